The van der Waals surface area contributed by atoms with Crippen LogP contribution in [-0.4, -0.2) is 17.8 Å². The summed E-state index contributed by atoms with van der Waals surface area (Å²) in [6, 6.07) is 20.2. The first-order chi connectivity index (χ1) is 17.4. The Morgan fingerprint density at radius 1 is 1.03 bits per heavy atom. The Hall–Kier alpha value is -3.04. The Bertz CT molecular complexity index is 1610. The molecule has 0 aliphatic carbocycles. The number of ether oxygens (including phenoxy) is 2. The average Bonchev–Trinajstić information content (AvgIpc) is 3.38. The molecule has 36 heavy (non-hydrogen) atoms. The van der Waals surface area contributed by atoms with Gasteiger partial charge in [0.1, 0.15) is 10.6 Å². The van der Waals surface area contributed by atoms with Crippen LogP contribution in [0.5, 0.6) is 5.75 Å². The molecule has 1 aliphatic heterocycles. The fraction of sp³-hybridized carbons (Fsp3) is 0. The highest BCUT2D eigenvalue weighted by Gasteiger charge is 2.28. The van der Waals surface area contributed by atoms with Gasteiger partial charge in [-0.25, -0.2) is 14.6 Å². The molecular weight excluding hydrogens is 630 g/mol. The molecule has 0 fully saturated rings. The van der Waals surface area contributed by atoms with Gasteiger partial charge in [-0.15, -0.1) is 11.3 Å². The highest BCUT2D eigenvalue weighted by molar-refractivity contribution is 9.10. The maximum absolute atomic E-state index is 12.6. The third-order valence-corrected chi connectivity index (χ3v) is 7.72. The number of carbonyl (C=O) groups is 2. The van der Waals surface area contributed by atoms with Gasteiger partial charge in [-0.2, -0.15) is 0 Å². The van der Waals surface area contributed by atoms with E-state index in [2.05, 4.69) is 36.9 Å². The summed E-state index contributed by atoms with van der Waals surface area (Å²) in [5.74, 6) is -0.773. The van der Waals surface area contributed by atoms with Crippen LogP contribution in [0.25, 0.3) is 22.2 Å². The van der Waals surface area contributed by atoms with E-state index < -0.39 is 11.9 Å². The number of hydrogen-bond acceptors (Lipinski definition) is 6. The summed E-state index contributed by atoms with van der Waals surface area (Å²) in [5, 5.41) is 1.32. The van der Waals surface area contributed by atoms with E-state index >= 15 is 0 Å². The van der Waals surface area contributed by atoms with Crippen molar-refractivity contribution in [2.24, 2.45) is 4.99 Å². The van der Waals surface area contributed by atoms with Crippen molar-refractivity contribution in [3.05, 3.63) is 108 Å². The second-order valence-electron chi connectivity index (χ2n) is 7.57. The summed E-state index contributed by atoms with van der Waals surface area (Å²) in [7, 11) is 0. The summed E-state index contributed by atoms with van der Waals surface area (Å²) < 4.78 is 13.6. The molecule has 178 valence electrons. The molecule has 5 rings (SSSR count). The van der Waals surface area contributed by atoms with E-state index in [0.29, 0.717) is 15.5 Å². The molecule has 1 aromatic heterocycles. The van der Waals surface area contributed by atoms with Crippen molar-refractivity contribution in [1.29, 1.82) is 0 Å². The first kappa shape index (κ1) is 24.6. The predicted octanol–water partition coefficient (Wildman–Crippen LogP) is 8.04. The SMILES string of the molecule is O=C(/C=C/c1ccccc1)Oc1ccc(Br)cc1/C=C1/N=C(c2sc3cc(Br)ccc3c2Cl)OC1=O. The monoisotopic (exact) mass is 641 g/mol. The number of fused-ring (bicyclic) bond motifs is 1. The number of cyclic esters (lactones) is 1. The third-order valence-electron chi connectivity index (χ3n) is 5.09. The standard InChI is InChI=1S/C27H14Br2ClNO4S/c28-17-8-10-21(34-23(32)11-6-15-4-2-1-3-5-15)16(12-17)13-20-27(33)35-26(31-20)25-24(30)19-9-7-18(29)14-22(19)36-25/h1-14H/b11-6+,20-13+. The maximum atomic E-state index is 12.6. The zero-order valence-electron chi connectivity index (χ0n) is 18.2. The summed E-state index contributed by atoms with van der Waals surface area (Å²) in [6.45, 7) is 0. The minimum absolute atomic E-state index is 0.0647. The van der Waals surface area contributed by atoms with E-state index in [1.54, 1.807) is 24.3 Å². The summed E-state index contributed by atoms with van der Waals surface area (Å²) in [4.78, 5) is 30.0. The number of esters is 2. The highest BCUT2D eigenvalue weighted by Crippen LogP contribution is 2.39. The van der Waals surface area contributed by atoms with Crippen LogP contribution in [0.3, 0.4) is 0 Å². The lowest BCUT2D eigenvalue weighted by atomic mass is 10.1. The first-order valence-electron chi connectivity index (χ1n) is 10.5. The maximum Gasteiger partial charge on any atom is 0.363 e. The molecular formula is C27H14Br2ClNO4S. The van der Waals surface area contributed by atoms with Gasteiger partial charge in [0, 0.05) is 30.7 Å². The molecule has 5 nitrogen and oxygen atoms in total. The number of benzene rings is 3. The number of halogens is 3. The molecule has 0 bridgehead atoms. The van der Waals surface area contributed by atoms with Crippen LogP contribution in [0, 0.1) is 0 Å². The van der Waals surface area contributed by atoms with Gasteiger partial charge >= 0.3 is 11.9 Å². The van der Waals surface area contributed by atoms with E-state index in [-0.39, 0.29) is 17.3 Å². The van der Waals surface area contributed by atoms with Crippen molar-refractivity contribution in [3.8, 4) is 5.75 Å². The molecule has 0 spiro atoms. The summed E-state index contributed by atoms with van der Waals surface area (Å²) in [5.41, 5.74) is 1.42. The van der Waals surface area contributed by atoms with Crippen molar-refractivity contribution in [3.63, 3.8) is 0 Å². The predicted molar refractivity (Wildman–Crippen MR) is 150 cm³/mol. The van der Waals surface area contributed by atoms with Crippen LogP contribution < -0.4 is 4.74 Å². The van der Waals surface area contributed by atoms with Crippen molar-refractivity contribution < 1.29 is 19.1 Å². The first-order valence-corrected chi connectivity index (χ1v) is 13.3. The smallest absolute Gasteiger partial charge is 0.363 e. The van der Waals surface area contributed by atoms with Crippen LogP contribution in [0.2, 0.25) is 5.02 Å². The van der Waals surface area contributed by atoms with Gasteiger partial charge < -0.3 is 9.47 Å². The summed E-state index contributed by atoms with van der Waals surface area (Å²) in [6.07, 6.45) is 4.52. The van der Waals surface area contributed by atoms with Gasteiger partial charge in [-0.05, 0) is 48.0 Å². The Balaban J connectivity index is 1.44. The molecule has 3 aromatic carbocycles. The second kappa shape index (κ2) is 10.5. The van der Waals surface area contributed by atoms with Gasteiger partial charge in [0.15, 0.2) is 5.70 Å². The second-order valence-corrected chi connectivity index (χ2v) is 10.8. The Morgan fingerprint density at radius 2 is 1.78 bits per heavy atom. The number of carbonyl (C=O) groups excluding carboxylic acids is 2. The number of thiophene rings is 1. The molecule has 9 heteroatoms. The third kappa shape index (κ3) is 5.37. The molecule has 2 heterocycles. The lowest BCUT2D eigenvalue weighted by molar-refractivity contribution is -0.130. The number of aliphatic imine (C=N–C) groups is 1. The van der Waals surface area contributed by atoms with Gasteiger partial charge in [0.2, 0.25) is 5.90 Å². The summed E-state index contributed by atoms with van der Waals surface area (Å²) >= 11 is 14.8. The molecule has 4 aromatic rings. The Morgan fingerprint density at radius 3 is 2.58 bits per heavy atom. The lowest BCUT2D eigenvalue weighted by Gasteiger charge is -2.06. The molecule has 1 aliphatic rings. The topological polar surface area (TPSA) is 65.0 Å². The van der Waals surface area contributed by atoms with Crippen molar-refractivity contribution in [2.45, 2.75) is 0 Å². The van der Waals surface area contributed by atoms with E-state index in [1.807, 2.05) is 48.5 Å². The Kier molecular flexibility index (Phi) is 7.20. The highest BCUT2D eigenvalue weighted by atomic mass is 79.9. The molecule has 0 radical (unpaired) electrons. The van der Waals surface area contributed by atoms with Crippen molar-refractivity contribution in [2.75, 3.05) is 0 Å². The fourth-order valence-electron chi connectivity index (χ4n) is 3.43. The molecule has 0 N–H and O–H groups in total. The molecule has 0 atom stereocenters. The average molecular weight is 644 g/mol. The van der Waals surface area contributed by atoms with Crippen LogP contribution in [-0.2, 0) is 14.3 Å². The Labute approximate surface area is 232 Å². The molecule has 0 saturated carbocycles. The van der Waals surface area contributed by atoms with Gasteiger partial charge in [-0.1, -0.05) is 79.9 Å². The minimum atomic E-state index is -0.624. The van der Waals surface area contributed by atoms with Crippen molar-refractivity contribution >= 4 is 94.9 Å². The van der Waals surface area contributed by atoms with Crippen molar-refractivity contribution in [1.82, 2.24) is 0 Å². The van der Waals surface area contributed by atoms with Crippen LogP contribution in [0.15, 0.2) is 92.4 Å². The van der Waals surface area contributed by atoms with E-state index in [4.69, 9.17) is 21.1 Å². The van der Waals surface area contributed by atoms with E-state index in [0.717, 1.165) is 24.6 Å². The molecule has 0 unspecified atom stereocenters. The zero-order valence-corrected chi connectivity index (χ0v) is 22.9. The normalized spacial score (nSPS) is 14.5. The minimum Gasteiger partial charge on any atom is -0.423 e. The van der Waals surface area contributed by atoms with Crippen LogP contribution >= 0.6 is 54.8 Å². The van der Waals surface area contributed by atoms with Crippen LogP contribution in [0.1, 0.15) is 16.0 Å². The molecule has 0 saturated heterocycles. The van der Waals surface area contributed by atoms with E-state index in [1.165, 1.54) is 23.5 Å². The zero-order chi connectivity index (χ0) is 25.2. The van der Waals surface area contributed by atoms with Gasteiger partial charge in [0.05, 0.1) is 5.02 Å². The van der Waals surface area contributed by atoms with E-state index in [9.17, 15) is 9.59 Å². The largest absolute Gasteiger partial charge is 0.423 e. The lowest BCUT2D eigenvalue weighted by Crippen LogP contribution is -2.06. The van der Waals surface area contributed by atoms with Crippen LogP contribution in [0.4, 0.5) is 0 Å². The molecule has 0 amide bonds. The number of nitrogens with zero attached hydrogens (tertiary/aromatic N) is 1. The van der Waals surface area contributed by atoms with Gasteiger partial charge in [-0.3, -0.25) is 0 Å². The number of hydrogen-bond donors (Lipinski definition) is 0. The quantitative estimate of drug-likeness (QED) is 0.125. The van der Waals surface area contributed by atoms with Gasteiger partial charge in [0.25, 0.3) is 0 Å². The fourth-order valence-corrected chi connectivity index (χ4v) is 5.79. The number of rotatable bonds is 5.